The van der Waals surface area contributed by atoms with E-state index in [-0.39, 0.29) is 0 Å². The first-order valence-corrected chi connectivity index (χ1v) is 18.8. The molecule has 8 aromatic carbocycles. The van der Waals surface area contributed by atoms with Crippen molar-refractivity contribution in [3.8, 4) is 67.3 Å². The van der Waals surface area contributed by atoms with Crippen molar-refractivity contribution in [1.82, 2.24) is 9.97 Å². The molecule has 0 amide bonds. The molecule has 11 aromatic rings. The zero-order valence-corrected chi connectivity index (χ0v) is 30.2. The van der Waals surface area contributed by atoms with Gasteiger partial charge in [-0.05, 0) is 63.7 Å². The first-order chi connectivity index (χ1) is 27.7. The largest absolute Gasteiger partial charge is 0.456 e. The van der Waals surface area contributed by atoms with Crippen LogP contribution in [0.15, 0.2) is 203 Å². The van der Waals surface area contributed by atoms with Gasteiger partial charge >= 0.3 is 0 Å². The van der Waals surface area contributed by atoms with Gasteiger partial charge in [-0.3, -0.25) is 0 Å². The van der Waals surface area contributed by atoms with Crippen LogP contribution in [0.1, 0.15) is 0 Å². The molecular weight excluding hydrogens is 685 g/mol. The van der Waals surface area contributed by atoms with Crippen molar-refractivity contribution >= 4 is 43.9 Å². The molecule has 262 valence electrons. The third-order valence-corrected chi connectivity index (χ3v) is 10.8. The molecule has 11 rings (SSSR count). The Morgan fingerprint density at radius 1 is 0.286 bits per heavy atom. The van der Waals surface area contributed by atoms with Crippen LogP contribution in [0, 0.1) is 0 Å². The van der Waals surface area contributed by atoms with E-state index in [4.69, 9.17) is 18.8 Å². The van der Waals surface area contributed by atoms with Crippen LogP contribution in [0.3, 0.4) is 0 Å². The molecule has 0 saturated heterocycles. The second-order valence-electron chi connectivity index (χ2n) is 14.1. The summed E-state index contributed by atoms with van der Waals surface area (Å²) >= 11 is 0. The van der Waals surface area contributed by atoms with Gasteiger partial charge in [-0.25, -0.2) is 9.97 Å². The van der Waals surface area contributed by atoms with Gasteiger partial charge in [0.25, 0.3) is 0 Å². The quantitative estimate of drug-likeness (QED) is 0.172. The maximum Gasteiger partial charge on any atom is 0.160 e. The van der Waals surface area contributed by atoms with Gasteiger partial charge in [-0.2, -0.15) is 0 Å². The van der Waals surface area contributed by atoms with Crippen molar-refractivity contribution < 1.29 is 8.83 Å². The van der Waals surface area contributed by atoms with Crippen LogP contribution in [0.2, 0.25) is 0 Å². The van der Waals surface area contributed by atoms with Crippen molar-refractivity contribution in [2.75, 3.05) is 0 Å². The first-order valence-electron chi connectivity index (χ1n) is 18.8. The predicted octanol–water partition coefficient (Wildman–Crippen LogP) is 14.3. The van der Waals surface area contributed by atoms with Gasteiger partial charge in [0.2, 0.25) is 0 Å². The highest BCUT2D eigenvalue weighted by Crippen LogP contribution is 2.40. The average molecular weight is 717 g/mol. The van der Waals surface area contributed by atoms with Crippen LogP contribution in [0.4, 0.5) is 0 Å². The summed E-state index contributed by atoms with van der Waals surface area (Å²) in [6, 6.07) is 67.3. The van der Waals surface area contributed by atoms with Crippen LogP contribution < -0.4 is 0 Å². The Labute approximate surface area is 323 Å². The molecule has 0 aliphatic carbocycles. The molecule has 0 bridgehead atoms. The highest BCUT2D eigenvalue weighted by molar-refractivity contribution is 6.13. The third-order valence-electron chi connectivity index (χ3n) is 10.8. The lowest BCUT2D eigenvalue weighted by Gasteiger charge is -2.13. The van der Waals surface area contributed by atoms with E-state index in [1.807, 2.05) is 42.5 Å². The summed E-state index contributed by atoms with van der Waals surface area (Å²) in [7, 11) is 0. The number of nitrogens with zero attached hydrogens (tertiary/aromatic N) is 2. The minimum absolute atomic E-state index is 0.664. The maximum atomic E-state index is 6.20. The standard InChI is InChI=1S/C52H32N2O2/c1-2-12-33(13-3-1)38-14-4-5-15-41(38)45-32-44(36-28-24-34(25-29-36)39-18-10-22-48-50(39)42-16-6-8-20-46(42)55-48)53-52(54-45)37-30-26-35(27-31-37)40-19-11-23-49-51(40)43-17-7-9-21-47(43)56-49/h1-32H. The molecule has 56 heavy (non-hydrogen) atoms. The summed E-state index contributed by atoms with van der Waals surface area (Å²) in [4.78, 5) is 10.5. The maximum absolute atomic E-state index is 6.20. The smallest absolute Gasteiger partial charge is 0.160 e. The second kappa shape index (κ2) is 13.1. The monoisotopic (exact) mass is 716 g/mol. The fraction of sp³-hybridized carbons (Fsp3) is 0. The second-order valence-corrected chi connectivity index (χ2v) is 14.1. The molecule has 3 heterocycles. The summed E-state index contributed by atoms with van der Waals surface area (Å²) in [5.74, 6) is 0.664. The summed E-state index contributed by atoms with van der Waals surface area (Å²) < 4.78 is 12.4. The van der Waals surface area contributed by atoms with E-state index in [0.29, 0.717) is 5.82 Å². The molecule has 4 nitrogen and oxygen atoms in total. The minimum Gasteiger partial charge on any atom is -0.456 e. The van der Waals surface area contributed by atoms with Crippen molar-refractivity contribution in [2.24, 2.45) is 0 Å². The molecule has 0 radical (unpaired) electrons. The van der Waals surface area contributed by atoms with Gasteiger partial charge in [0.15, 0.2) is 5.82 Å². The van der Waals surface area contributed by atoms with Crippen LogP contribution in [0.5, 0.6) is 0 Å². The highest BCUT2D eigenvalue weighted by Gasteiger charge is 2.17. The first kappa shape index (κ1) is 31.9. The number of benzene rings is 8. The normalized spacial score (nSPS) is 11.6. The van der Waals surface area contributed by atoms with E-state index < -0.39 is 0 Å². The van der Waals surface area contributed by atoms with E-state index in [9.17, 15) is 0 Å². The average Bonchev–Trinajstić information content (AvgIpc) is 3.86. The molecule has 0 fully saturated rings. The van der Waals surface area contributed by atoms with Crippen molar-refractivity contribution in [2.45, 2.75) is 0 Å². The van der Waals surface area contributed by atoms with E-state index in [2.05, 4.69) is 152 Å². The van der Waals surface area contributed by atoms with Gasteiger partial charge in [0, 0.05) is 38.2 Å². The molecule has 0 saturated carbocycles. The number of hydrogen-bond donors (Lipinski definition) is 0. The molecule has 0 N–H and O–H groups in total. The van der Waals surface area contributed by atoms with Gasteiger partial charge in [-0.15, -0.1) is 0 Å². The molecule has 0 spiro atoms. The van der Waals surface area contributed by atoms with Gasteiger partial charge in [-0.1, -0.05) is 164 Å². The summed E-state index contributed by atoms with van der Waals surface area (Å²) in [6.07, 6.45) is 0. The van der Waals surface area contributed by atoms with E-state index in [1.54, 1.807) is 0 Å². The molecule has 0 aliphatic heterocycles. The Kier molecular flexibility index (Phi) is 7.46. The number of furan rings is 2. The van der Waals surface area contributed by atoms with E-state index >= 15 is 0 Å². The summed E-state index contributed by atoms with van der Waals surface area (Å²) in [6.45, 7) is 0. The Balaban J connectivity index is 1.03. The summed E-state index contributed by atoms with van der Waals surface area (Å²) in [5, 5.41) is 4.47. The van der Waals surface area contributed by atoms with Crippen LogP contribution in [0.25, 0.3) is 111 Å². The number of hydrogen-bond acceptors (Lipinski definition) is 4. The topological polar surface area (TPSA) is 52.1 Å². The Hall–Kier alpha value is -7.56. The number of fused-ring (bicyclic) bond motifs is 6. The van der Waals surface area contributed by atoms with Crippen LogP contribution in [-0.4, -0.2) is 9.97 Å². The molecular formula is C52H32N2O2. The lowest BCUT2D eigenvalue weighted by Crippen LogP contribution is -1.97. The fourth-order valence-electron chi connectivity index (χ4n) is 8.09. The van der Waals surface area contributed by atoms with Gasteiger partial charge in [0.05, 0.1) is 11.4 Å². The number of para-hydroxylation sites is 2. The van der Waals surface area contributed by atoms with Gasteiger partial charge in [0.1, 0.15) is 22.3 Å². The van der Waals surface area contributed by atoms with E-state index in [0.717, 1.165) is 105 Å². The molecule has 0 aliphatic rings. The Morgan fingerprint density at radius 2 is 0.714 bits per heavy atom. The minimum atomic E-state index is 0.664. The highest BCUT2D eigenvalue weighted by atomic mass is 16.3. The SMILES string of the molecule is c1ccc(-c2ccccc2-c2cc(-c3ccc(-c4cccc5oc6ccccc6c45)cc3)nc(-c3ccc(-c4cccc5oc6ccccc6c45)cc3)n2)cc1. The zero-order chi connectivity index (χ0) is 37.0. The van der Waals surface area contributed by atoms with Crippen molar-refractivity contribution in [1.29, 1.82) is 0 Å². The zero-order valence-electron chi connectivity index (χ0n) is 30.2. The number of aromatic nitrogens is 2. The van der Waals surface area contributed by atoms with Crippen molar-refractivity contribution in [3.05, 3.63) is 194 Å². The third kappa shape index (κ3) is 5.39. The molecule has 0 atom stereocenters. The predicted molar refractivity (Wildman–Crippen MR) is 229 cm³/mol. The van der Waals surface area contributed by atoms with Crippen LogP contribution in [-0.2, 0) is 0 Å². The molecule has 3 aromatic heterocycles. The lowest BCUT2D eigenvalue weighted by molar-refractivity contribution is 0.668. The lowest BCUT2D eigenvalue weighted by atomic mass is 9.95. The Morgan fingerprint density at radius 3 is 1.32 bits per heavy atom. The Bertz CT molecular complexity index is 3050. The van der Waals surface area contributed by atoms with Crippen LogP contribution >= 0.6 is 0 Å². The summed E-state index contributed by atoms with van der Waals surface area (Å²) in [5.41, 5.74) is 15.0. The fourth-order valence-corrected chi connectivity index (χ4v) is 8.09. The molecule has 4 heteroatoms. The van der Waals surface area contributed by atoms with E-state index in [1.165, 1.54) is 0 Å². The molecule has 0 unspecified atom stereocenters. The van der Waals surface area contributed by atoms with Gasteiger partial charge < -0.3 is 8.83 Å². The van der Waals surface area contributed by atoms with Crippen molar-refractivity contribution in [3.63, 3.8) is 0 Å². The number of rotatable bonds is 6.